The normalized spacial score (nSPS) is 10.1. The van der Waals surface area contributed by atoms with E-state index >= 15 is 0 Å². The summed E-state index contributed by atoms with van der Waals surface area (Å²) in [5, 5.41) is 9.06. The number of nitrogens with one attached hydrogen (secondary N) is 1. The van der Waals surface area contributed by atoms with Crippen LogP contribution in [0.4, 0.5) is 0 Å². The van der Waals surface area contributed by atoms with Gasteiger partial charge in [-0.25, -0.2) is 5.48 Å². The van der Waals surface area contributed by atoms with Crippen molar-refractivity contribution in [1.29, 1.82) is 0 Å². The minimum Gasteiger partial charge on any atom is -0.316 e. The maximum Gasteiger partial charge on any atom is 0.0473 e. The second-order valence-corrected chi connectivity index (χ2v) is 3.39. The Balaban J connectivity index is 2.93. The number of rotatable bonds is 2. The molecule has 0 saturated carbocycles. The molecule has 60 valence electrons. The smallest absolute Gasteiger partial charge is 0.0473 e. The average Bonchev–Trinajstić information content (AvgIpc) is 1.98. The van der Waals surface area contributed by atoms with Gasteiger partial charge in [-0.2, -0.15) is 0 Å². The molecule has 1 rings (SSSR count). The Morgan fingerprint density at radius 1 is 1.55 bits per heavy atom. The van der Waals surface area contributed by atoms with Gasteiger partial charge >= 0.3 is 0 Å². The summed E-state index contributed by atoms with van der Waals surface area (Å²) in [6.45, 7) is 0.359. The molecule has 0 atom stereocenters. The Morgan fingerprint density at radius 2 is 2.27 bits per heavy atom. The SMILES string of the molecule is ONCc1cc(Br)ccc1Cl. The third-order valence-electron chi connectivity index (χ3n) is 1.28. The molecule has 11 heavy (non-hydrogen) atoms. The zero-order chi connectivity index (χ0) is 8.27. The summed E-state index contributed by atoms with van der Waals surface area (Å²) in [4.78, 5) is 0. The van der Waals surface area contributed by atoms with Crippen molar-refractivity contribution in [1.82, 2.24) is 5.48 Å². The average molecular weight is 236 g/mol. The van der Waals surface area contributed by atoms with E-state index in [0.717, 1.165) is 10.0 Å². The van der Waals surface area contributed by atoms with Crippen molar-refractivity contribution < 1.29 is 5.21 Å². The van der Waals surface area contributed by atoms with Crippen molar-refractivity contribution in [3.63, 3.8) is 0 Å². The molecule has 0 aliphatic heterocycles. The molecule has 0 bridgehead atoms. The van der Waals surface area contributed by atoms with E-state index in [9.17, 15) is 0 Å². The maximum atomic E-state index is 8.41. The molecule has 0 spiro atoms. The molecule has 4 heteroatoms. The quantitative estimate of drug-likeness (QED) is 0.774. The zero-order valence-electron chi connectivity index (χ0n) is 5.64. The summed E-state index contributed by atoms with van der Waals surface area (Å²) in [6.07, 6.45) is 0. The lowest BCUT2D eigenvalue weighted by molar-refractivity contribution is 0.161. The van der Waals surface area contributed by atoms with E-state index in [1.54, 1.807) is 6.07 Å². The number of hydrogen-bond donors (Lipinski definition) is 2. The summed E-state index contributed by atoms with van der Waals surface area (Å²) in [5.41, 5.74) is 2.91. The highest BCUT2D eigenvalue weighted by atomic mass is 79.9. The van der Waals surface area contributed by atoms with E-state index in [-0.39, 0.29) is 0 Å². The second-order valence-electron chi connectivity index (χ2n) is 2.07. The highest BCUT2D eigenvalue weighted by molar-refractivity contribution is 9.10. The molecule has 0 radical (unpaired) electrons. The van der Waals surface area contributed by atoms with Crippen LogP contribution in [-0.4, -0.2) is 5.21 Å². The van der Waals surface area contributed by atoms with Crippen LogP contribution in [0.5, 0.6) is 0 Å². The van der Waals surface area contributed by atoms with Crippen LogP contribution in [0.2, 0.25) is 5.02 Å². The first kappa shape index (κ1) is 9.00. The van der Waals surface area contributed by atoms with E-state index in [1.807, 2.05) is 17.6 Å². The molecule has 0 fully saturated rings. The van der Waals surface area contributed by atoms with Gasteiger partial charge in [0.2, 0.25) is 0 Å². The van der Waals surface area contributed by atoms with E-state index in [0.29, 0.717) is 11.6 Å². The Morgan fingerprint density at radius 3 is 2.91 bits per heavy atom. The van der Waals surface area contributed by atoms with E-state index in [2.05, 4.69) is 15.9 Å². The van der Waals surface area contributed by atoms with Gasteiger partial charge in [0, 0.05) is 16.0 Å². The highest BCUT2D eigenvalue weighted by Crippen LogP contribution is 2.20. The maximum absolute atomic E-state index is 8.41. The van der Waals surface area contributed by atoms with Crippen molar-refractivity contribution in [2.45, 2.75) is 6.54 Å². The fraction of sp³-hybridized carbons (Fsp3) is 0.143. The van der Waals surface area contributed by atoms with E-state index < -0.39 is 0 Å². The fourth-order valence-corrected chi connectivity index (χ4v) is 1.36. The third kappa shape index (κ3) is 2.45. The number of halogens is 2. The van der Waals surface area contributed by atoms with Crippen molar-refractivity contribution in [2.75, 3.05) is 0 Å². The first-order valence-corrected chi connectivity index (χ1v) is 4.22. The van der Waals surface area contributed by atoms with Gasteiger partial charge in [-0.3, -0.25) is 0 Å². The molecule has 0 aromatic heterocycles. The predicted octanol–water partition coefficient (Wildman–Crippen LogP) is 2.58. The topological polar surface area (TPSA) is 32.3 Å². The van der Waals surface area contributed by atoms with Gasteiger partial charge in [-0.05, 0) is 23.8 Å². The lowest BCUT2D eigenvalue weighted by Gasteiger charge is -2.02. The van der Waals surface area contributed by atoms with Gasteiger partial charge in [0.05, 0.1) is 0 Å². The number of hydrogen-bond acceptors (Lipinski definition) is 2. The summed E-state index contributed by atoms with van der Waals surface area (Å²) in [6, 6.07) is 5.48. The molecular formula is C7H7BrClNO. The molecular weight excluding hydrogens is 229 g/mol. The second kappa shape index (κ2) is 4.07. The lowest BCUT2D eigenvalue weighted by atomic mass is 10.2. The van der Waals surface area contributed by atoms with E-state index in [1.165, 1.54) is 0 Å². The lowest BCUT2D eigenvalue weighted by Crippen LogP contribution is -2.06. The molecule has 0 heterocycles. The van der Waals surface area contributed by atoms with E-state index in [4.69, 9.17) is 16.8 Å². The van der Waals surface area contributed by atoms with Crippen LogP contribution < -0.4 is 5.48 Å². The molecule has 0 saturated heterocycles. The molecule has 1 aromatic carbocycles. The standard InChI is InChI=1S/C7H7BrClNO/c8-6-1-2-7(9)5(3-6)4-10-11/h1-3,10-11H,4H2. The van der Waals surface area contributed by atoms with Gasteiger partial charge in [-0.15, -0.1) is 0 Å². The molecule has 0 aliphatic rings. The van der Waals surface area contributed by atoms with Gasteiger partial charge in [-0.1, -0.05) is 27.5 Å². The van der Waals surface area contributed by atoms with Gasteiger partial charge in [0.1, 0.15) is 0 Å². The predicted molar refractivity (Wildman–Crippen MR) is 47.8 cm³/mol. The van der Waals surface area contributed by atoms with Crippen LogP contribution in [0, 0.1) is 0 Å². The zero-order valence-corrected chi connectivity index (χ0v) is 7.98. The summed E-state index contributed by atoms with van der Waals surface area (Å²) in [7, 11) is 0. The third-order valence-corrected chi connectivity index (χ3v) is 2.14. The summed E-state index contributed by atoms with van der Waals surface area (Å²) >= 11 is 9.10. The van der Waals surface area contributed by atoms with Crippen molar-refractivity contribution >= 4 is 27.5 Å². The van der Waals surface area contributed by atoms with Crippen molar-refractivity contribution in [2.24, 2.45) is 0 Å². The Hall–Kier alpha value is -0.0900. The monoisotopic (exact) mass is 235 g/mol. The minimum atomic E-state index is 0.359. The van der Waals surface area contributed by atoms with Gasteiger partial charge in [0.25, 0.3) is 0 Å². The largest absolute Gasteiger partial charge is 0.316 e. The van der Waals surface area contributed by atoms with Gasteiger partial charge < -0.3 is 5.21 Å². The van der Waals surface area contributed by atoms with Crippen molar-refractivity contribution in [3.05, 3.63) is 33.3 Å². The van der Waals surface area contributed by atoms with Crippen LogP contribution in [0.3, 0.4) is 0 Å². The first-order valence-electron chi connectivity index (χ1n) is 3.05. The van der Waals surface area contributed by atoms with Crippen molar-refractivity contribution in [3.8, 4) is 0 Å². The van der Waals surface area contributed by atoms with Crippen LogP contribution in [-0.2, 0) is 6.54 Å². The number of hydroxylamine groups is 1. The molecule has 2 nitrogen and oxygen atoms in total. The highest BCUT2D eigenvalue weighted by Gasteiger charge is 1.98. The first-order chi connectivity index (χ1) is 5.24. The number of benzene rings is 1. The van der Waals surface area contributed by atoms with Crippen LogP contribution in [0.15, 0.2) is 22.7 Å². The summed E-state index contributed by atoms with van der Waals surface area (Å²) < 4.78 is 0.951. The van der Waals surface area contributed by atoms with Crippen LogP contribution in [0.1, 0.15) is 5.56 Å². The Labute approximate surface area is 78.3 Å². The Kier molecular flexibility index (Phi) is 3.33. The van der Waals surface area contributed by atoms with Crippen LogP contribution >= 0.6 is 27.5 Å². The summed E-state index contributed by atoms with van der Waals surface area (Å²) in [5.74, 6) is 0. The Bertz CT molecular complexity index is 254. The molecule has 2 N–H and O–H groups in total. The fourth-order valence-electron chi connectivity index (χ4n) is 0.764. The molecule has 0 amide bonds. The van der Waals surface area contributed by atoms with Gasteiger partial charge in [0.15, 0.2) is 0 Å². The molecule has 1 aromatic rings. The molecule has 0 aliphatic carbocycles. The van der Waals surface area contributed by atoms with Crippen LogP contribution in [0.25, 0.3) is 0 Å². The molecule has 0 unspecified atom stereocenters. The minimum absolute atomic E-state index is 0.359.